The summed E-state index contributed by atoms with van der Waals surface area (Å²) in [4.78, 5) is 18.0. The van der Waals surface area contributed by atoms with Gasteiger partial charge in [0.15, 0.2) is 0 Å². The van der Waals surface area contributed by atoms with E-state index in [4.69, 9.17) is 21.1 Å². The van der Waals surface area contributed by atoms with Crippen molar-refractivity contribution in [3.63, 3.8) is 0 Å². The van der Waals surface area contributed by atoms with Crippen LogP contribution >= 0.6 is 0 Å². The molecule has 1 rings (SSSR count). The average molecular weight is 215 g/mol. The topological polar surface area (TPSA) is 133 Å². The minimum absolute atomic E-state index is 0.519. The van der Waals surface area contributed by atoms with Crippen molar-refractivity contribution < 1.29 is 15.2 Å². The van der Waals surface area contributed by atoms with Crippen LogP contribution in [-0.4, -0.2) is 15.2 Å². The molecule has 0 saturated carbocycles. The summed E-state index contributed by atoms with van der Waals surface area (Å²) in [6.45, 7) is 0. The Morgan fingerprint density at radius 2 is 1.60 bits per heavy atom. The van der Waals surface area contributed by atoms with Crippen LogP contribution in [0.15, 0.2) is 30.3 Å². The van der Waals surface area contributed by atoms with Crippen molar-refractivity contribution in [3.05, 3.63) is 56.1 Å². The number of rotatable bonds is 2. The molecule has 82 valence electrons. The molecule has 15 heavy (non-hydrogen) atoms. The molecular formula is C7H9N3O5. The minimum atomic E-state index is -1.50. The van der Waals surface area contributed by atoms with Crippen LogP contribution in [0.25, 0.3) is 0 Å². The zero-order valence-corrected chi connectivity index (χ0v) is 7.52. The SMILES string of the molecule is NC(c1ccccc1)[N+](=O)[O-].O=[N+]([O-])O. The summed E-state index contributed by atoms with van der Waals surface area (Å²) in [6.07, 6.45) is -1.10. The molecule has 0 spiro atoms. The quantitative estimate of drug-likeness (QED) is 0.421. The highest BCUT2D eigenvalue weighted by Crippen LogP contribution is 2.08. The van der Waals surface area contributed by atoms with Crippen molar-refractivity contribution in [2.75, 3.05) is 0 Å². The smallest absolute Gasteiger partial charge is 0.291 e. The first-order chi connectivity index (χ1) is 6.95. The molecule has 0 aliphatic rings. The fraction of sp³-hybridized carbons (Fsp3) is 0.143. The van der Waals surface area contributed by atoms with E-state index in [0.29, 0.717) is 5.56 Å². The molecule has 0 amide bonds. The van der Waals surface area contributed by atoms with Crippen molar-refractivity contribution >= 4 is 0 Å². The molecule has 3 N–H and O–H groups in total. The van der Waals surface area contributed by atoms with E-state index in [1.807, 2.05) is 0 Å². The highest BCUT2D eigenvalue weighted by molar-refractivity contribution is 5.16. The molecule has 0 radical (unpaired) electrons. The molecule has 0 saturated heterocycles. The number of hydrogen-bond acceptors (Lipinski definition) is 5. The Kier molecular flexibility index (Phi) is 5.34. The van der Waals surface area contributed by atoms with Gasteiger partial charge >= 0.3 is 0 Å². The predicted molar refractivity (Wildman–Crippen MR) is 49.1 cm³/mol. The molecule has 1 atom stereocenters. The summed E-state index contributed by atoms with van der Waals surface area (Å²) >= 11 is 0. The van der Waals surface area contributed by atoms with Gasteiger partial charge in [-0.15, -0.1) is 10.1 Å². The second-order valence-corrected chi connectivity index (χ2v) is 2.38. The third-order valence-electron chi connectivity index (χ3n) is 1.37. The molecule has 0 fully saturated rings. The van der Waals surface area contributed by atoms with Gasteiger partial charge < -0.3 is 5.21 Å². The van der Waals surface area contributed by atoms with Gasteiger partial charge in [-0.2, -0.15) is 0 Å². The van der Waals surface area contributed by atoms with E-state index in [1.165, 1.54) is 0 Å². The predicted octanol–water partition coefficient (Wildman–Crippen LogP) is 0.573. The van der Waals surface area contributed by atoms with Crippen molar-refractivity contribution in [1.29, 1.82) is 0 Å². The average Bonchev–Trinajstić information content (AvgIpc) is 2.17. The van der Waals surface area contributed by atoms with E-state index in [1.54, 1.807) is 30.3 Å². The Morgan fingerprint density at radius 1 is 1.20 bits per heavy atom. The lowest BCUT2D eigenvalue weighted by molar-refractivity contribution is -0.742. The summed E-state index contributed by atoms with van der Waals surface area (Å²) in [7, 11) is 0. The van der Waals surface area contributed by atoms with Crippen LogP contribution < -0.4 is 5.73 Å². The van der Waals surface area contributed by atoms with Gasteiger partial charge in [-0.1, -0.05) is 30.3 Å². The summed E-state index contributed by atoms with van der Waals surface area (Å²) in [6, 6.07) is 8.49. The van der Waals surface area contributed by atoms with Gasteiger partial charge in [0.1, 0.15) is 0 Å². The summed E-state index contributed by atoms with van der Waals surface area (Å²) in [5.41, 5.74) is 5.76. The molecule has 8 heteroatoms. The lowest BCUT2D eigenvalue weighted by Gasteiger charge is -2.01. The summed E-state index contributed by atoms with van der Waals surface area (Å²) in [5, 5.41) is 23.8. The minimum Gasteiger partial charge on any atom is -0.328 e. The van der Waals surface area contributed by atoms with Crippen LogP contribution in [0, 0.1) is 20.2 Å². The molecule has 1 aromatic rings. The standard InChI is InChI=1S/C7H8N2O2.HNO3/c8-7(9(10)11)6-4-2-1-3-5-6;2-1(3)4/h1-5,7H,8H2;(H,2,3,4). The van der Waals surface area contributed by atoms with Gasteiger partial charge in [-0.3, -0.25) is 15.8 Å². The molecule has 0 aliphatic heterocycles. The third kappa shape index (κ3) is 5.93. The first kappa shape index (κ1) is 12.8. The van der Waals surface area contributed by atoms with Crippen molar-refractivity contribution in [1.82, 2.24) is 0 Å². The highest BCUT2D eigenvalue weighted by atomic mass is 16.9. The van der Waals surface area contributed by atoms with Gasteiger partial charge in [0.25, 0.3) is 11.3 Å². The Balaban J connectivity index is 0.000000423. The van der Waals surface area contributed by atoms with Gasteiger partial charge in [0.05, 0.1) is 0 Å². The van der Waals surface area contributed by atoms with Crippen LogP contribution in [-0.2, 0) is 0 Å². The van der Waals surface area contributed by atoms with E-state index in [2.05, 4.69) is 0 Å². The van der Waals surface area contributed by atoms with Gasteiger partial charge in [-0.05, 0) is 0 Å². The summed E-state index contributed by atoms with van der Waals surface area (Å²) < 4.78 is 0. The molecule has 0 aromatic heterocycles. The number of benzene rings is 1. The van der Waals surface area contributed by atoms with Gasteiger partial charge in [0, 0.05) is 10.5 Å². The first-order valence-corrected chi connectivity index (χ1v) is 3.72. The number of nitrogens with two attached hydrogens (primary N) is 1. The van der Waals surface area contributed by atoms with Crippen LogP contribution in [0.2, 0.25) is 0 Å². The second kappa shape index (κ2) is 6.27. The van der Waals surface area contributed by atoms with Crippen LogP contribution in [0.4, 0.5) is 0 Å². The summed E-state index contributed by atoms with van der Waals surface area (Å²) in [5.74, 6) is 0. The largest absolute Gasteiger partial charge is 0.328 e. The Morgan fingerprint density at radius 3 is 1.93 bits per heavy atom. The maximum Gasteiger partial charge on any atom is 0.291 e. The fourth-order valence-electron chi connectivity index (χ4n) is 0.772. The monoisotopic (exact) mass is 215 g/mol. The highest BCUT2D eigenvalue weighted by Gasteiger charge is 2.14. The maximum absolute atomic E-state index is 10.2. The van der Waals surface area contributed by atoms with E-state index >= 15 is 0 Å². The fourth-order valence-corrected chi connectivity index (χ4v) is 0.772. The lowest BCUT2D eigenvalue weighted by Crippen LogP contribution is -2.19. The number of nitro groups is 1. The Hall–Kier alpha value is -2.22. The van der Waals surface area contributed by atoms with Crippen LogP contribution in [0.3, 0.4) is 0 Å². The molecule has 0 aliphatic carbocycles. The molecule has 0 heterocycles. The zero-order valence-electron chi connectivity index (χ0n) is 7.52. The normalized spacial score (nSPS) is 10.7. The lowest BCUT2D eigenvalue weighted by atomic mass is 10.2. The van der Waals surface area contributed by atoms with E-state index in [0.717, 1.165) is 0 Å². The maximum atomic E-state index is 10.2. The van der Waals surface area contributed by atoms with Crippen LogP contribution in [0.1, 0.15) is 11.7 Å². The van der Waals surface area contributed by atoms with E-state index in [-0.39, 0.29) is 0 Å². The number of hydrogen-bond donors (Lipinski definition) is 2. The van der Waals surface area contributed by atoms with Crippen molar-refractivity contribution in [2.24, 2.45) is 5.73 Å². The van der Waals surface area contributed by atoms with E-state index in [9.17, 15) is 10.1 Å². The molecule has 1 aromatic carbocycles. The number of nitrogens with zero attached hydrogens (tertiary/aromatic N) is 2. The molecular weight excluding hydrogens is 206 g/mol. The Labute approximate surface area is 84.2 Å². The Bertz CT molecular complexity index is 325. The van der Waals surface area contributed by atoms with Gasteiger partial charge in [0.2, 0.25) is 0 Å². The zero-order chi connectivity index (χ0) is 11.8. The molecule has 1 unspecified atom stereocenters. The van der Waals surface area contributed by atoms with Crippen LogP contribution in [0.5, 0.6) is 0 Å². The first-order valence-electron chi connectivity index (χ1n) is 3.72. The third-order valence-corrected chi connectivity index (χ3v) is 1.37. The van der Waals surface area contributed by atoms with Crippen molar-refractivity contribution in [2.45, 2.75) is 6.17 Å². The van der Waals surface area contributed by atoms with Gasteiger partial charge in [-0.25, -0.2) is 0 Å². The van der Waals surface area contributed by atoms with E-state index < -0.39 is 16.2 Å². The molecule has 0 bridgehead atoms. The second-order valence-electron chi connectivity index (χ2n) is 2.38. The molecule has 8 nitrogen and oxygen atoms in total. The van der Waals surface area contributed by atoms with Crippen molar-refractivity contribution in [3.8, 4) is 0 Å².